The Morgan fingerprint density at radius 2 is 1.42 bits per heavy atom. The number of nitrogens with one attached hydrogen (secondary N) is 1. The van der Waals surface area contributed by atoms with Crippen molar-refractivity contribution in [1.82, 2.24) is 25.1 Å². The van der Waals surface area contributed by atoms with Crippen molar-refractivity contribution in [2.24, 2.45) is 5.41 Å². The highest BCUT2D eigenvalue weighted by atomic mass is 16.1. The Labute approximate surface area is 215 Å². The molecule has 1 amide bonds. The number of aromatic nitrogens is 2. The van der Waals surface area contributed by atoms with Crippen LogP contribution in [0, 0.1) is 5.41 Å². The zero-order valence-electron chi connectivity index (χ0n) is 21.8. The van der Waals surface area contributed by atoms with Crippen molar-refractivity contribution in [2.75, 3.05) is 57.3 Å². The third-order valence-electron chi connectivity index (χ3n) is 9.22. The zero-order chi connectivity index (χ0) is 24.4. The number of carbonyl (C=O) groups is 1. The van der Waals surface area contributed by atoms with E-state index in [1.807, 2.05) is 18.2 Å². The first kappa shape index (κ1) is 24.1. The molecule has 3 saturated heterocycles. The van der Waals surface area contributed by atoms with Gasteiger partial charge >= 0.3 is 0 Å². The fourth-order valence-corrected chi connectivity index (χ4v) is 6.37. The van der Waals surface area contributed by atoms with Gasteiger partial charge in [-0.3, -0.25) is 4.79 Å². The zero-order valence-corrected chi connectivity index (χ0v) is 21.8. The molecule has 6 rings (SSSR count). The van der Waals surface area contributed by atoms with Gasteiger partial charge in [0.2, 0.25) is 0 Å². The van der Waals surface area contributed by atoms with Gasteiger partial charge in [-0.15, -0.1) is 0 Å². The molecule has 7 heteroatoms. The predicted octanol–water partition coefficient (Wildman–Crippen LogP) is 4.08. The van der Waals surface area contributed by atoms with E-state index in [-0.39, 0.29) is 11.9 Å². The lowest BCUT2D eigenvalue weighted by Gasteiger charge is -2.36. The molecular formula is C29H42N6O. The Kier molecular flexibility index (Phi) is 7.11. The van der Waals surface area contributed by atoms with Crippen molar-refractivity contribution in [1.29, 1.82) is 0 Å². The Morgan fingerprint density at radius 3 is 2.11 bits per heavy atom. The SMILES string of the molecule is O=C(NC1CCN(CCN2CCC3(CC2)CC3)CC1)c1ccc2nc(N3CCCCCC3)ccc2n1. The number of likely N-dealkylation sites (tertiary alicyclic amines) is 2. The third-order valence-corrected chi connectivity index (χ3v) is 9.22. The molecule has 0 unspecified atom stereocenters. The summed E-state index contributed by atoms with van der Waals surface area (Å²) in [6.45, 7) is 9.22. The van der Waals surface area contributed by atoms with Crippen molar-refractivity contribution < 1.29 is 4.79 Å². The van der Waals surface area contributed by atoms with Crippen LogP contribution in [0.2, 0.25) is 0 Å². The number of hydrogen-bond donors (Lipinski definition) is 1. The second kappa shape index (κ2) is 10.6. The van der Waals surface area contributed by atoms with Gasteiger partial charge in [0.15, 0.2) is 0 Å². The monoisotopic (exact) mass is 490 g/mol. The smallest absolute Gasteiger partial charge is 0.270 e. The molecule has 3 aliphatic heterocycles. The van der Waals surface area contributed by atoms with E-state index in [0.29, 0.717) is 5.69 Å². The summed E-state index contributed by atoms with van der Waals surface area (Å²) in [6, 6.07) is 8.10. The van der Waals surface area contributed by atoms with Crippen LogP contribution >= 0.6 is 0 Å². The summed E-state index contributed by atoms with van der Waals surface area (Å²) in [4.78, 5) is 30.1. The number of pyridine rings is 2. The molecule has 5 heterocycles. The average molecular weight is 491 g/mol. The van der Waals surface area contributed by atoms with E-state index in [4.69, 9.17) is 4.98 Å². The maximum absolute atomic E-state index is 13.0. The minimum absolute atomic E-state index is 0.0609. The Hall–Kier alpha value is -2.25. The molecule has 194 valence electrons. The van der Waals surface area contributed by atoms with Crippen molar-refractivity contribution in [3.63, 3.8) is 0 Å². The fourth-order valence-electron chi connectivity index (χ4n) is 6.37. The van der Waals surface area contributed by atoms with Gasteiger partial charge in [0.05, 0.1) is 11.0 Å². The largest absolute Gasteiger partial charge is 0.357 e. The molecule has 7 nitrogen and oxygen atoms in total. The summed E-state index contributed by atoms with van der Waals surface area (Å²) in [5.41, 5.74) is 2.91. The third kappa shape index (κ3) is 5.67. The van der Waals surface area contributed by atoms with E-state index in [1.165, 1.54) is 71.0 Å². The quantitative estimate of drug-likeness (QED) is 0.658. The second-order valence-corrected chi connectivity index (χ2v) is 11.7. The van der Waals surface area contributed by atoms with E-state index in [2.05, 4.69) is 31.1 Å². The first-order valence-corrected chi connectivity index (χ1v) is 14.4. The normalized spacial score (nSPS) is 23.6. The number of nitrogens with zero attached hydrogens (tertiary/aromatic N) is 5. The number of amides is 1. The molecular weight excluding hydrogens is 448 g/mol. The van der Waals surface area contributed by atoms with Gasteiger partial charge in [-0.1, -0.05) is 12.8 Å². The van der Waals surface area contributed by atoms with Gasteiger partial charge in [0, 0.05) is 45.3 Å². The molecule has 0 radical (unpaired) electrons. The lowest BCUT2D eigenvalue weighted by atomic mass is 9.94. The summed E-state index contributed by atoms with van der Waals surface area (Å²) >= 11 is 0. The number of anilines is 1. The number of piperidine rings is 2. The first-order chi connectivity index (χ1) is 17.7. The lowest BCUT2D eigenvalue weighted by Crippen LogP contribution is -2.47. The minimum atomic E-state index is -0.0609. The number of fused-ring (bicyclic) bond motifs is 1. The first-order valence-electron chi connectivity index (χ1n) is 14.4. The summed E-state index contributed by atoms with van der Waals surface area (Å²) < 4.78 is 0. The van der Waals surface area contributed by atoms with Crippen LogP contribution in [0.1, 0.15) is 74.7 Å². The highest BCUT2D eigenvalue weighted by Gasteiger charge is 2.44. The van der Waals surface area contributed by atoms with Crippen LogP contribution in [0.5, 0.6) is 0 Å². The fraction of sp³-hybridized carbons (Fsp3) is 0.690. The van der Waals surface area contributed by atoms with Gasteiger partial charge in [-0.2, -0.15) is 0 Å². The topological polar surface area (TPSA) is 64.6 Å². The van der Waals surface area contributed by atoms with Crippen LogP contribution in [0.4, 0.5) is 5.82 Å². The molecule has 1 saturated carbocycles. The number of hydrogen-bond acceptors (Lipinski definition) is 6. The molecule has 0 atom stereocenters. The van der Waals surface area contributed by atoms with Gasteiger partial charge in [0.25, 0.3) is 5.91 Å². The molecule has 4 fully saturated rings. The van der Waals surface area contributed by atoms with Crippen LogP contribution in [0.25, 0.3) is 11.0 Å². The Morgan fingerprint density at radius 1 is 0.778 bits per heavy atom. The Bertz CT molecular complexity index is 1040. The van der Waals surface area contributed by atoms with Crippen LogP contribution in [0.15, 0.2) is 24.3 Å². The van der Waals surface area contributed by atoms with Gasteiger partial charge in [-0.05, 0) is 94.1 Å². The van der Waals surface area contributed by atoms with E-state index < -0.39 is 0 Å². The molecule has 1 spiro atoms. The standard InChI is InChI=1S/C29H42N6O/c36-28(26-6-5-25-24(31-26)7-8-27(32-25)35-15-3-1-2-4-16-35)30-23-9-17-33(18-10-23)21-22-34-19-13-29(11-12-29)14-20-34/h5-8,23H,1-4,9-22H2,(H,30,36). The van der Waals surface area contributed by atoms with Crippen LogP contribution < -0.4 is 10.2 Å². The maximum atomic E-state index is 13.0. The molecule has 0 bridgehead atoms. The number of rotatable bonds is 6. The van der Waals surface area contributed by atoms with E-state index in [0.717, 1.165) is 67.8 Å². The highest BCUT2D eigenvalue weighted by molar-refractivity contribution is 5.94. The molecule has 0 aromatic carbocycles. The van der Waals surface area contributed by atoms with Crippen molar-refractivity contribution in [3.05, 3.63) is 30.0 Å². The molecule has 2 aromatic rings. The highest BCUT2D eigenvalue weighted by Crippen LogP contribution is 2.53. The number of carbonyl (C=O) groups excluding carboxylic acids is 1. The summed E-state index contributed by atoms with van der Waals surface area (Å²) in [7, 11) is 0. The predicted molar refractivity (Wildman–Crippen MR) is 144 cm³/mol. The summed E-state index contributed by atoms with van der Waals surface area (Å²) in [6.07, 6.45) is 12.9. The van der Waals surface area contributed by atoms with Gasteiger partial charge < -0.3 is 20.0 Å². The van der Waals surface area contributed by atoms with Crippen molar-refractivity contribution >= 4 is 22.8 Å². The van der Waals surface area contributed by atoms with E-state index >= 15 is 0 Å². The van der Waals surface area contributed by atoms with Gasteiger partial charge in [-0.25, -0.2) is 9.97 Å². The van der Waals surface area contributed by atoms with Crippen LogP contribution in [-0.4, -0.2) is 84.1 Å². The minimum Gasteiger partial charge on any atom is -0.357 e. The van der Waals surface area contributed by atoms with E-state index in [1.54, 1.807) is 0 Å². The molecule has 2 aromatic heterocycles. The van der Waals surface area contributed by atoms with Crippen LogP contribution in [-0.2, 0) is 0 Å². The lowest BCUT2D eigenvalue weighted by molar-refractivity contribution is 0.0896. The van der Waals surface area contributed by atoms with Crippen molar-refractivity contribution in [3.8, 4) is 0 Å². The Balaban J connectivity index is 0.973. The van der Waals surface area contributed by atoms with Crippen LogP contribution in [0.3, 0.4) is 0 Å². The van der Waals surface area contributed by atoms with Gasteiger partial charge in [0.1, 0.15) is 11.5 Å². The molecule has 1 aliphatic carbocycles. The van der Waals surface area contributed by atoms with E-state index in [9.17, 15) is 4.79 Å². The molecule has 4 aliphatic rings. The average Bonchev–Trinajstić information content (AvgIpc) is 3.72. The summed E-state index contributed by atoms with van der Waals surface area (Å²) in [5.74, 6) is 0.969. The molecule has 36 heavy (non-hydrogen) atoms. The second-order valence-electron chi connectivity index (χ2n) is 11.7. The maximum Gasteiger partial charge on any atom is 0.270 e. The molecule has 1 N–H and O–H groups in total. The van der Waals surface area contributed by atoms with Crippen molar-refractivity contribution in [2.45, 2.75) is 70.3 Å². The summed E-state index contributed by atoms with van der Waals surface area (Å²) in [5, 5.41) is 3.24.